The van der Waals surface area contributed by atoms with Crippen molar-refractivity contribution in [2.75, 3.05) is 0 Å². The predicted molar refractivity (Wildman–Crippen MR) is 110 cm³/mol. The molecule has 6 heteroatoms. The lowest BCUT2D eigenvalue weighted by molar-refractivity contribution is 0.0943. The van der Waals surface area contributed by atoms with E-state index in [2.05, 4.69) is 22.3 Å². The molecule has 0 spiro atoms. The Labute approximate surface area is 162 Å². The van der Waals surface area contributed by atoms with E-state index in [0.29, 0.717) is 5.56 Å². The summed E-state index contributed by atoms with van der Waals surface area (Å²) in [5.74, 6) is -0.337. The third-order valence-electron chi connectivity index (χ3n) is 4.43. The normalized spacial score (nSPS) is 11.4. The summed E-state index contributed by atoms with van der Waals surface area (Å²) in [6.45, 7) is 2.26. The summed E-state index contributed by atoms with van der Waals surface area (Å²) in [6, 6.07) is 7.64. The van der Waals surface area contributed by atoms with Crippen molar-refractivity contribution in [1.82, 2.24) is 10.9 Å². The van der Waals surface area contributed by atoms with Crippen LogP contribution in [-0.4, -0.2) is 11.9 Å². The molecule has 0 aliphatic heterocycles. The van der Waals surface area contributed by atoms with Crippen LogP contribution in [0.4, 0.5) is 0 Å². The van der Waals surface area contributed by atoms with Crippen molar-refractivity contribution in [1.29, 1.82) is 0 Å². The Balaban J connectivity index is 2.12. The maximum Gasteiger partial charge on any atom is 0.269 e. The Bertz CT molecular complexity index is 531. The van der Waals surface area contributed by atoms with Crippen LogP contribution in [0.25, 0.3) is 0 Å². The molecule has 0 saturated carbocycles. The molecule has 0 heterocycles. The molecule has 26 heavy (non-hydrogen) atoms. The van der Waals surface area contributed by atoms with Gasteiger partial charge in [-0.2, -0.15) is 0 Å². The molecule has 0 fully saturated rings. The highest BCUT2D eigenvalue weighted by Gasteiger charge is 2.05. The summed E-state index contributed by atoms with van der Waals surface area (Å²) < 4.78 is 3.19. The lowest BCUT2D eigenvalue weighted by atomic mass is 10.0. The van der Waals surface area contributed by atoms with Gasteiger partial charge in [-0.1, -0.05) is 76.8 Å². The summed E-state index contributed by atoms with van der Waals surface area (Å²) >= 11 is 5.17. The fourth-order valence-electron chi connectivity index (χ4n) is 2.85. The van der Waals surface area contributed by atoms with E-state index in [9.17, 15) is 4.79 Å². The van der Waals surface area contributed by atoms with Gasteiger partial charge < -0.3 is 5.73 Å². The third-order valence-corrected chi connectivity index (χ3v) is 4.61. The first-order valence-electron chi connectivity index (χ1n) is 9.77. The average molecular weight is 381 g/mol. The predicted octanol–water partition coefficient (Wildman–Crippen LogP) is 4.85. The number of rotatable bonds is 12. The van der Waals surface area contributed by atoms with Crippen LogP contribution in [0.5, 0.6) is 0 Å². The van der Waals surface area contributed by atoms with Crippen LogP contribution in [0.1, 0.15) is 87.1 Å². The second kappa shape index (κ2) is 14.4. The van der Waals surface area contributed by atoms with Crippen LogP contribution in [0, 0.1) is 0 Å². The van der Waals surface area contributed by atoms with Gasteiger partial charge in [0.25, 0.3) is 5.91 Å². The number of amides is 1. The van der Waals surface area contributed by atoms with Crippen molar-refractivity contribution in [2.24, 2.45) is 10.2 Å². The molecule has 0 unspecified atom stereocenters. The average Bonchev–Trinajstić information content (AvgIpc) is 2.67. The van der Waals surface area contributed by atoms with E-state index in [1.807, 2.05) is 24.3 Å². The van der Waals surface area contributed by atoms with Gasteiger partial charge in [-0.15, -0.1) is 4.51 Å². The quantitative estimate of drug-likeness (QED) is 0.210. The number of nitrogens with zero attached hydrogens (tertiary/aromatic N) is 1. The summed E-state index contributed by atoms with van der Waals surface area (Å²) in [5, 5.41) is 0. The molecule has 1 aromatic rings. The zero-order valence-electron chi connectivity index (χ0n) is 15.9. The van der Waals surface area contributed by atoms with Gasteiger partial charge >= 0.3 is 0 Å². The maximum atomic E-state index is 11.9. The number of carbonyl (C=O) groups is 1. The van der Waals surface area contributed by atoms with Crippen LogP contribution in [0.3, 0.4) is 0 Å². The smallest absolute Gasteiger partial charge is 0.269 e. The maximum absolute atomic E-state index is 11.9. The SMILES string of the molecule is CCCCCCCCCCCCc1ccc(C(=O)NNC(N)=NCl)cc1. The standard InChI is InChI=1S/C20H33ClN4O/c1-2-3-4-5-6-7-8-9-10-11-12-17-13-15-18(16-14-17)19(26)24-25-20(22)23-21/h13-16H,2-12H2,1H3,(H,24,26)(H3,22,23,25). The van der Waals surface area contributed by atoms with Crippen LogP contribution in [0.15, 0.2) is 28.8 Å². The number of carbonyl (C=O) groups excluding carboxylic acids is 1. The van der Waals surface area contributed by atoms with E-state index >= 15 is 0 Å². The lowest BCUT2D eigenvalue weighted by Gasteiger charge is -2.07. The molecule has 1 aromatic carbocycles. The number of unbranched alkanes of at least 4 members (excludes halogenated alkanes) is 9. The first-order chi connectivity index (χ1) is 12.7. The summed E-state index contributed by atoms with van der Waals surface area (Å²) in [6.07, 6.45) is 14.5. The summed E-state index contributed by atoms with van der Waals surface area (Å²) in [5.41, 5.74) is 12.0. The molecule has 0 bridgehead atoms. The van der Waals surface area contributed by atoms with E-state index in [1.165, 1.54) is 69.8 Å². The van der Waals surface area contributed by atoms with Crippen molar-refractivity contribution < 1.29 is 4.79 Å². The van der Waals surface area contributed by atoms with Gasteiger partial charge in [0.15, 0.2) is 0 Å². The van der Waals surface area contributed by atoms with Gasteiger partial charge in [0.1, 0.15) is 0 Å². The molecule has 1 rings (SSSR count). The number of hydrogen-bond donors (Lipinski definition) is 3. The highest BCUT2D eigenvalue weighted by atomic mass is 35.5. The Morgan fingerprint density at radius 3 is 2.00 bits per heavy atom. The fraction of sp³-hybridized carbons (Fsp3) is 0.600. The topological polar surface area (TPSA) is 79.5 Å². The largest absolute Gasteiger partial charge is 0.367 e. The molecule has 0 atom stereocenters. The van der Waals surface area contributed by atoms with Crippen LogP contribution < -0.4 is 16.6 Å². The van der Waals surface area contributed by atoms with E-state index in [1.54, 1.807) is 0 Å². The van der Waals surface area contributed by atoms with Crippen LogP contribution in [0.2, 0.25) is 0 Å². The number of benzene rings is 1. The molecular weight excluding hydrogens is 348 g/mol. The molecule has 5 nitrogen and oxygen atoms in total. The van der Waals surface area contributed by atoms with Crippen molar-refractivity contribution in [3.63, 3.8) is 0 Å². The van der Waals surface area contributed by atoms with E-state index in [4.69, 9.17) is 17.5 Å². The molecule has 0 aliphatic rings. The molecular formula is C20H33ClN4O. The first-order valence-corrected chi connectivity index (χ1v) is 10.1. The second-order valence-corrected chi connectivity index (χ2v) is 6.85. The van der Waals surface area contributed by atoms with E-state index in [0.717, 1.165) is 6.42 Å². The van der Waals surface area contributed by atoms with Gasteiger partial charge in [0.05, 0.1) is 0 Å². The highest BCUT2D eigenvalue weighted by Crippen LogP contribution is 2.13. The Kier molecular flexibility index (Phi) is 12.4. The Morgan fingerprint density at radius 2 is 1.46 bits per heavy atom. The molecule has 0 radical (unpaired) electrons. The minimum Gasteiger partial charge on any atom is -0.367 e. The minimum absolute atomic E-state index is 0.0578. The molecule has 0 aromatic heterocycles. The zero-order chi connectivity index (χ0) is 19.0. The van der Waals surface area contributed by atoms with Crippen LogP contribution in [-0.2, 0) is 6.42 Å². The summed E-state index contributed by atoms with van der Waals surface area (Å²) in [4.78, 5) is 11.9. The van der Waals surface area contributed by atoms with Gasteiger partial charge in [-0.25, -0.2) is 0 Å². The number of halogens is 1. The van der Waals surface area contributed by atoms with Crippen molar-refractivity contribution in [2.45, 2.75) is 77.6 Å². The van der Waals surface area contributed by atoms with Gasteiger partial charge in [-0.05, 0) is 30.5 Å². The molecule has 0 saturated heterocycles. The fourth-order valence-corrected chi connectivity index (χ4v) is 2.90. The Hall–Kier alpha value is -1.75. The van der Waals surface area contributed by atoms with Gasteiger partial charge in [0, 0.05) is 17.3 Å². The first kappa shape index (κ1) is 22.3. The van der Waals surface area contributed by atoms with Gasteiger partial charge in [-0.3, -0.25) is 15.6 Å². The molecule has 0 aliphatic carbocycles. The summed E-state index contributed by atoms with van der Waals surface area (Å²) in [7, 11) is 0. The van der Waals surface area contributed by atoms with E-state index < -0.39 is 0 Å². The third kappa shape index (κ3) is 10.3. The number of guanidine groups is 1. The van der Waals surface area contributed by atoms with Crippen molar-refractivity contribution >= 4 is 23.6 Å². The number of hydrogen-bond acceptors (Lipinski definition) is 2. The number of nitrogens with two attached hydrogens (primary N) is 1. The van der Waals surface area contributed by atoms with E-state index in [-0.39, 0.29) is 11.9 Å². The number of aryl methyl sites for hydroxylation is 1. The van der Waals surface area contributed by atoms with Crippen molar-refractivity contribution in [3.05, 3.63) is 35.4 Å². The monoisotopic (exact) mass is 380 g/mol. The number of nitrogens with one attached hydrogen (secondary N) is 2. The minimum atomic E-state index is -0.279. The highest BCUT2D eigenvalue weighted by molar-refractivity contribution is 6.19. The zero-order valence-corrected chi connectivity index (χ0v) is 16.7. The van der Waals surface area contributed by atoms with Crippen molar-refractivity contribution in [3.8, 4) is 0 Å². The lowest BCUT2D eigenvalue weighted by Crippen LogP contribution is -2.45. The second-order valence-electron chi connectivity index (χ2n) is 6.68. The molecule has 146 valence electrons. The van der Waals surface area contributed by atoms with Crippen LogP contribution >= 0.6 is 11.8 Å². The van der Waals surface area contributed by atoms with Gasteiger partial charge in [0.2, 0.25) is 5.96 Å². The Morgan fingerprint density at radius 1 is 0.923 bits per heavy atom. The molecule has 4 N–H and O–H groups in total. The molecule has 1 amide bonds. The number of hydrazine groups is 1.